The molecule has 9 nitrogen and oxygen atoms in total. The van der Waals surface area contributed by atoms with Crippen LogP contribution >= 0.6 is 0 Å². The number of anilines is 4. The van der Waals surface area contributed by atoms with Gasteiger partial charge in [0, 0.05) is 62.9 Å². The highest BCUT2D eigenvalue weighted by Gasteiger charge is 2.30. The molecule has 2 N–H and O–H groups in total. The van der Waals surface area contributed by atoms with E-state index in [-0.39, 0.29) is 23.4 Å². The Morgan fingerprint density at radius 3 is 2.89 bits per heavy atom. The number of piperazine rings is 1. The van der Waals surface area contributed by atoms with E-state index in [0.29, 0.717) is 38.7 Å². The molecule has 1 aromatic heterocycles. The summed E-state index contributed by atoms with van der Waals surface area (Å²) < 4.78 is 32.3. The van der Waals surface area contributed by atoms with Gasteiger partial charge >= 0.3 is 6.09 Å². The average Bonchev–Trinajstić information content (AvgIpc) is 3.40. The molecule has 11 heteroatoms. The number of benzene rings is 1. The topological polar surface area (TPSA) is 85.9 Å². The van der Waals surface area contributed by atoms with Crippen LogP contribution in [0.3, 0.4) is 0 Å². The summed E-state index contributed by atoms with van der Waals surface area (Å²) in [5.74, 6) is 0.362. The summed E-state index contributed by atoms with van der Waals surface area (Å²) in [5.41, 5.74) is 2.97. The third-order valence-corrected chi connectivity index (χ3v) is 7.67. The molecule has 0 radical (unpaired) electrons. The molecule has 4 heterocycles. The molecule has 206 valence electrons. The van der Waals surface area contributed by atoms with Crippen molar-refractivity contribution in [1.82, 2.24) is 19.8 Å². The highest BCUT2D eigenvalue weighted by molar-refractivity contribution is 5.68. The number of carbonyl (C=O) groups is 1. The second-order valence-corrected chi connectivity index (χ2v) is 10.1. The summed E-state index contributed by atoms with van der Waals surface area (Å²) in [6.07, 6.45) is 2.91. The number of rotatable bonds is 10. The van der Waals surface area contributed by atoms with Crippen molar-refractivity contribution in [2.75, 3.05) is 68.0 Å². The molecule has 3 aliphatic heterocycles. The Bertz CT molecular complexity index is 1120. The third-order valence-electron chi connectivity index (χ3n) is 7.67. The minimum atomic E-state index is -2.70. The van der Waals surface area contributed by atoms with E-state index in [1.807, 2.05) is 6.07 Å². The number of amides is 1. The number of ether oxygens (including phenoxy) is 1. The van der Waals surface area contributed by atoms with Crippen molar-refractivity contribution in [2.24, 2.45) is 0 Å². The summed E-state index contributed by atoms with van der Waals surface area (Å²) >= 11 is 0. The number of hydrogen-bond donors (Lipinski definition) is 2. The lowest BCUT2D eigenvalue weighted by molar-refractivity contribution is 0.0729. The number of aromatic nitrogens is 2. The molecule has 1 unspecified atom stereocenters. The number of nitrogens with one attached hydrogen (secondary N) is 2. The van der Waals surface area contributed by atoms with Gasteiger partial charge in [-0.25, -0.2) is 18.6 Å². The molecule has 1 amide bonds. The van der Waals surface area contributed by atoms with E-state index in [0.717, 1.165) is 43.7 Å². The van der Waals surface area contributed by atoms with Crippen molar-refractivity contribution in [3.8, 4) is 0 Å². The number of hydrogen-bond acceptors (Lipinski definition) is 8. The quantitative estimate of drug-likeness (QED) is 0.431. The minimum Gasteiger partial charge on any atom is -0.449 e. The predicted octanol–water partition coefficient (Wildman–Crippen LogP) is 4.65. The van der Waals surface area contributed by atoms with Gasteiger partial charge in [0.15, 0.2) is 0 Å². The molecule has 1 aromatic carbocycles. The van der Waals surface area contributed by atoms with Gasteiger partial charge in [-0.3, -0.25) is 4.90 Å². The van der Waals surface area contributed by atoms with Crippen molar-refractivity contribution in [2.45, 2.75) is 51.5 Å². The Morgan fingerprint density at radius 2 is 2.08 bits per heavy atom. The molecule has 3 saturated heterocycles. The van der Waals surface area contributed by atoms with E-state index in [1.54, 1.807) is 4.90 Å². The van der Waals surface area contributed by atoms with Crippen LogP contribution in [0.5, 0.6) is 0 Å². The summed E-state index contributed by atoms with van der Waals surface area (Å²) in [6, 6.07) is 7.01. The lowest BCUT2D eigenvalue weighted by Crippen LogP contribution is -2.50. The highest BCUT2D eigenvalue weighted by Crippen LogP contribution is 2.31. The average molecular weight is 530 g/mol. The van der Waals surface area contributed by atoms with E-state index in [1.165, 1.54) is 31.3 Å². The van der Waals surface area contributed by atoms with Crippen molar-refractivity contribution in [3.05, 3.63) is 35.5 Å². The van der Waals surface area contributed by atoms with E-state index >= 15 is 0 Å². The fourth-order valence-electron chi connectivity index (χ4n) is 5.57. The number of cyclic esters (lactones) is 1. The first-order chi connectivity index (χ1) is 18.5. The lowest BCUT2D eigenvalue weighted by Gasteiger charge is -2.39. The molecular formula is C27H37F2N7O2. The fraction of sp³-hybridized carbons (Fsp3) is 0.593. The number of alkyl halides is 2. The van der Waals surface area contributed by atoms with Crippen LogP contribution < -0.4 is 15.5 Å². The van der Waals surface area contributed by atoms with Crippen LogP contribution in [-0.4, -0.2) is 84.3 Å². The maximum atomic E-state index is 13.6. The van der Waals surface area contributed by atoms with Gasteiger partial charge in [-0.2, -0.15) is 4.98 Å². The summed E-state index contributed by atoms with van der Waals surface area (Å²) in [7, 11) is 0. The van der Waals surface area contributed by atoms with Crippen LogP contribution in [0.4, 0.5) is 36.7 Å². The van der Waals surface area contributed by atoms with E-state index < -0.39 is 6.43 Å². The molecular weight excluding hydrogens is 492 g/mol. The Labute approximate surface area is 222 Å². The standard InChI is InChI=1S/C27H37F2N7O2/c1-2-19-16-20(36-14-13-34-10-3-6-21(34)18-36)7-8-23(19)32-26-31-17-22(24(28)29)25(33-26)30-9-4-11-35-12-5-15-38-27(35)37/h7-8,16-17,21,24H,2-6,9-15,18H2,1H3,(H2,30,31,32,33). The minimum absolute atomic E-state index is 0.0998. The van der Waals surface area contributed by atoms with Gasteiger partial charge in [0.25, 0.3) is 6.43 Å². The maximum absolute atomic E-state index is 13.6. The summed E-state index contributed by atoms with van der Waals surface area (Å²) in [4.78, 5) is 27.0. The molecule has 3 aliphatic rings. The van der Waals surface area contributed by atoms with Crippen LogP contribution in [0.2, 0.25) is 0 Å². The molecule has 0 spiro atoms. The van der Waals surface area contributed by atoms with Crippen molar-refractivity contribution < 1.29 is 18.3 Å². The monoisotopic (exact) mass is 529 g/mol. The van der Waals surface area contributed by atoms with Crippen LogP contribution in [0.25, 0.3) is 0 Å². The number of halogens is 2. The third kappa shape index (κ3) is 6.09. The molecule has 38 heavy (non-hydrogen) atoms. The van der Waals surface area contributed by atoms with E-state index in [4.69, 9.17) is 4.74 Å². The van der Waals surface area contributed by atoms with Crippen LogP contribution in [0.1, 0.15) is 50.2 Å². The summed E-state index contributed by atoms with van der Waals surface area (Å²) in [6.45, 7) is 8.49. The first kappa shape index (κ1) is 26.4. The predicted molar refractivity (Wildman–Crippen MR) is 144 cm³/mol. The largest absolute Gasteiger partial charge is 0.449 e. The zero-order chi connectivity index (χ0) is 26.5. The molecule has 1 atom stereocenters. The van der Waals surface area contributed by atoms with Gasteiger partial charge in [0.05, 0.1) is 12.2 Å². The second-order valence-electron chi connectivity index (χ2n) is 10.1. The van der Waals surface area contributed by atoms with Gasteiger partial charge in [0.2, 0.25) is 5.95 Å². The van der Waals surface area contributed by atoms with Crippen LogP contribution in [0, 0.1) is 0 Å². The van der Waals surface area contributed by atoms with Gasteiger partial charge in [-0.05, 0) is 62.4 Å². The molecule has 2 aromatic rings. The smallest absolute Gasteiger partial charge is 0.409 e. The number of aryl methyl sites for hydroxylation is 1. The van der Waals surface area contributed by atoms with Gasteiger partial charge in [0.1, 0.15) is 5.82 Å². The van der Waals surface area contributed by atoms with Crippen LogP contribution in [0.15, 0.2) is 24.4 Å². The number of fused-ring (bicyclic) bond motifs is 1. The van der Waals surface area contributed by atoms with Crippen molar-refractivity contribution in [1.29, 1.82) is 0 Å². The zero-order valence-electron chi connectivity index (χ0n) is 22.0. The number of nitrogens with zero attached hydrogens (tertiary/aromatic N) is 5. The Hall–Kier alpha value is -3.21. The normalized spacial score (nSPS) is 20.0. The lowest BCUT2D eigenvalue weighted by atomic mass is 10.1. The number of carbonyl (C=O) groups excluding carboxylic acids is 1. The first-order valence-electron chi connectivity index (χ1n) is 13.7. The molecule has 5 rings (SSSR count). The molecule has 0 aliphatic carbocycles. The molecule has 0 saturated carbocycles. The first-order valence-corrected chi connectivity index (χ1v) is 13.7. The van der Waals surface area contributed by atoms with Crippen molar-refractivity contribution >= 4 is 29.2 Å². The van der Waals surface area contributed by atoms with Crippen LogP contribution in [-0.2, 0) is 11.2 Å². The Kier molecular flexibility index (Phi) is 8.41. The fourth-order valence-corrected chi connectivity index (χ4v) is 5.57. The second kappa shape index (κ2) is 12.1. The Morgan fingerprint density at radius 1 is 1.18 bits per heavy atom. The zero-order valence-corrected chi connectivity index (χ0v) is 22.0. The highest BCUT2D eigenvalue weighted by atomic mass is 19.3. The Balaban J connectivity index is 1.24. The van der Waals surface area contributed by atoms with E-state index in [2.05, 4.69) is 49.5 Å². The van der Waals surface area contributed by atoms with Gasteiger partial charge < -0.3 is 25.2 Å². The molecule has 0 bridgehead atoms. The van der Waals surface area contributed by atoms with Crippen molar-refractivity contribution in [3.63, 3.8) is 0 Å². The maximum Gasteiger partial charge on any atom is 0.409 e. The molecule has 3 fully saturated rings. The van der Waals surface area contributed by atoms with Gasteiger partial charge in [-0.15, -0.1) is 0 Å². The summed E-state index contributed by atoms with van der Waals surface area (Å²) in [5, 5.41) is 6.26. The SMILES string of the molecule is CCc1cc(N2CCN3CCCC3C2)ccc1Nc1ncc(C(F)F)c(NCCCN2CCCOC2=O)n1. The van der Waals surface area contributed by atoms with Gasteiger partial charge in [-0.1, -0.05) is 6.92 Å². The van der Waals surface area contributed by atoms with E-state index in [9.17, 15) is 13.6 Å².